The second-order valence-electron chi connectivity index (χ2n) is 5.38. The molecule has 7 nitrogen and oxygen atoms in total. The van der Waals surface area contributed by atoms with Gasteiger partial charge >= 0.3 is 11.9 Å². The van der Waals surface area contributed by atoms with Gasteiger partial charge in [-0.1, -0.05) is 13.8 Å². The molecule has 0 spiro atoms. The molecule has 0 atom stereocenters. The molecule has 0 bridgehead atoms. The van der Waals surface area contributed by atoms with Crippen LogP contribution >= 0.6 is 11.8 Å². The lowest BCUT2D eigenvalue weighted by Gasteiger charge is -2.22. The van der Waals surface area contributed by atoms with Crippen LogP contribution in [0.5, 0.6) is 0 Å². The molecule has 0 aliphatic rings. The lowest BCUT2D eigenvalue weighted by Crippen LogP contribution is -2.38. The number of ether oxygens (including phenoxy) is 2. The lowest BCUT2D eigenvalue weighted by molar-refractivity contribution is -0.146. The van der Waals surface area contributed by atoms with Gasteiger partial charge in [-0.2, -0.15) is 11.8 Å². The number of carbonyl (C=O) groups is 3. The number of carbonyl (C=O) groups excluding carboxylic acids is 3. The standard InChI is InChI=1S/C16H30N2O5S/c1-5-15(20)22-10-7-18(8-11-23-16(21)6-2)14(19)13-24-12-9-17(3)4/h5-13H2,1-4H3. The van der Waals surface area contributed by atoms with Crippen molar-refractivity contribution in [2.24, 2.45) is 0 Å². The van der Waals surface area contributed by atoms with Crippen molar-refractivity contribution in [2.75, 3.05) is 58.4 Å². The zero-order chi connectivity index (χ0) is 18.4. The van der Waals surface area contributed by atoms with E-state index in [1.54, 1.807) is 30.5 Å². The van der Waals surface area contributed by atoms with Crippen molar-refractivity contribution in [3.8, 4) is 0 Å². The van der Waals surface area contributed by atoms with Crippen LogP contribution < -0.4 is 0 Å². The molecule has 140 valence electrons. The predicted octanol–water partition coefficient (Wildman–Crippen LogP) is 1.02. The quantitative estimate of drug-likeness (QED) is 0.357. The Hall–Kier alpha value is -1.28. The maximum absolute atomic E-state index is 12.3. The highest BCUT2D eigenvalue weighted by molar-refractivity contribution is 7.99. The van der Waals surface area contributed by atoms with Gasteiger partial charge in [0.25, 0.3) is 0 Å². The summed E-state index contributed by atoms with van der Waals surface area (Å²) in [5, 5.41) is 0. The molecule has 0 saturated carbocycles. The maximum Gasteiger partial charge on any atom is 0.305 e. The van der Waals surface area contributed by atoms with Crippen LogP contribution in [0.25, 0.3) is 0 Å². The summed E-state index contributed by atoms with van der Waals surface area (Å²) in [6.45, 7) is 5.27. The van der Waals surface area contributed by atoms with Crippen LogP contribution in [-0.4, -0.2) is 86.1 Å². The fourth-order valence-corrected chi connectivity index (χ4v) is 2.60. The summed E-state index contributed by atoms with van der Waals surface area (Å²) in [4.78, 5) is 38.3. The fourth-order valence-electron chi connectivity index (χ4n) is 1.60. The Morgan fingerprint density at radius 1 is 0.875 bits per heavy atom. The zero-order valence-electron chi connectivity index (χ0n) is 15.2. The molecule has 8 heteroatoms. The minimum atomic E-state index is -0.292. The van der Waals surface area contributed by atoms with E-state index in [9.17, 15) is 14.4 Å². The van der Waals surface area contributed by atoms with Crippen molar-refractivity contribution in [2.45, 2.75) is 26.7 Å². The number of amides is 1. The molecule has 0 aromatic heterocycles. The van der Waals surface area contributed by atoms with Crippen molar-refractivity contribution >= 4 is 29.6 Å². The third kappa shape index (κ3) is 12.2. The molecule has 0 aliphatic carbocycles. The van der Waals surface area contributed by atoms with Crippen LogP contribution in [0.2, 0.25) is 0 Å². The van der Waals surface area contributed by atoms with Crippen LogP contribution in [0, 0.1) is 0 Å². The fraction of sp³-hybridized carbons (Fsp3) is 0.812. The molecule has 0 rings (SSSR count). The first kappa shape index (κ1) is 22.7. The first-order chi connectivity index (χ1) is 11.4. The van der Waals surface area contributed by atoms with Gasteiger partial charge in [-0.05, 0) is 14.1 Å². The smallest absolute Gasteiger partial charge is 0.305 e. The van der Waals surface area contributed by atoms with Crippen molar-refractivity contribution in [3.63, 3.8) is 0 Å². The van der Waals surface area contributed by atoms with Crippen LogP contribution in [0.1, 0.15) is 26.7 Å². The molecule has 0 saturated heterocycles. The molecule has 0 unspecified atom stereocenters. The van der Waals surface area contributed by atoms with Gasteiger partial charge < -0.3 is 19.3 Å². The summed E-state index contributed by atoms with van der Waals surface area (Å²) in [5.41, 5.74) is 0. The minimum Gasteiger partial charge on any atom is -0.464 e. The number of nitrogens with zero attached hydrogens (tertiary/aromatic N) is 2. The van der Waals surface area contributed by atoms with Crippen LogP contribution in [-0.2, 0) is 23.9 Å². The summed E-state index contributed by atoms with van der Waals surface area (Å²) in [7, 11) is 3.97. The first-order valence-corrected chi connectivity index (χ1v) is 9.37. The molecule has 1 amide bonds. The lowest BCUT2D eigenvalue weighted by atomic mass is 10.4. The Kier molecular flexibility index (Phi) is 13.3. The van der Waals surface area contributed by atoms with E-state index in [1.165, 1.54) is 0 Å². The molecule has 0 aromatic rings. The Bertz CT molecular complexity index is 369. The highest BCUT2D eigenvalue weighted by atomic mass is 32.2. The Balaban J connectivity index is 4.29. The van der Waals surface area contributed by atoms with Gasteiger partial charge in [0.05, 0.1) is 18.8 Å². The number of thioether (sulfide) groups is 1. The summed E-state index contributed by atoms with van der Waals surface area (Å²) >= 11 is 1.56. The summed E-state index contributed by atoms with van der Waals surface area (Å²) in [6.07, 6.45) is 0.616. The number of hydrogen-bond donors (Lipinski definition) is 0. The normalized spacial score (nSPS) is 10.5. The highest BCUT2D eigenvalue weighted by Crippen LogP contribution is 2.04. The minimum absolute atomic E-state index is 0.0427. The van der Waals surface area contributed by atoms with E-state index in [1.807, 2.05) is 14.1 Å². The Morgan fingerprint density at radius 3 is 1.79 bits per heavy atom. The molecule has 0 N–H and O–H groups in total. The highest BCUT2D eigenvalue weighted by Gasteiger charge is 2.15. The third-order valence-corrected chi connectivity index (χ3v) is 4.01. The molecular formula is C16H30N2O5S. The summed E-state index contributed by atoms with van der Waals surface area (Å²) in [5.74, 6) is 0.596. The summed E-state index contributed by atoms with van der Waals surface area (Å²) < 4.78 is 10.0. The zero-order valence-corrected chi connectivity index (χ0v) is 16.0. The average molecular weight is 362 g/mol. The van der Waals surface area contributed by atoms with Gasteiger partial charge in [0.1, 0.15) is 13.2 Å². The van der Waals surface area contributed by atoms with E-state index < -0.39 is 0 Å². The van der Waals surface area contributed by atoms with E-state index >= 15 is 0 Å². The van der Waals surface area contributed by atoms with Crippen molar-refractivity contribution < 1.29 is 23.9 Å². The molecule has 0 radical (unpaired) electrons. The van der Waals surface area contributed by atoms with Crippen molar-refractivity contribution in [1.82, 2.24) is 9.80 Å². The molecule has 0 heterocycles. The number of esters is 2. The van der Waals surface area contributed by atoms with Gasteiger partial charge in [0.15, 0.2) is 0 Å². The molecule has 0 fully saturated rings. The van der Waals surface area contributed by atoms with Crippen LogP contribution in [0.3, 0.4) is 0 Å². The van der Waals surface area contributed by atoms with Gasteiger partial charge in [-0.15, -0.1) is 0 Å². The Morgan fingerprint density at radius 2 is 1.38 bits per heavy atom. The van der Waals surface area contributed by atoms with Crippen molar-refractivity contribution in [3.05, 3.63) is 0 Å². The van der Waals surface area contributed by atoms with Gasteiger partial charge in [0, 0.05) is 25.1 Å². The SMILES string of the molecule is CCC(=O)OCCN(CCOC(=O)CC)C(=O)CSCCN(C)C. The maximum atomic E-state index is 12.3. The predicted molar refractivity (Wildman–Crippen MR) is 95.0 cm³/mol. The second kappa shape index (κ2) is 14.1. The topological polar surface area (TPSA) is 76.1 Å². The Labute approximate surface area is 149 Å². The van der Waals surface area contributed by atoms with Gasteiger partial charge in [0.2, 0.25) is 5.91 Å². The van der Waals surface area contributed by atoms with E-state index in [2.05, 4.69) is 4.90 Å². The van der Waals surface area contributed by atoms with E-state index in [0.717, 1.165) is 12.3 Å². The van der Waals surface area contributed by atoms with Crippen molar-refractivity contribution in [1.29, 1.82) is 0 Å². The average Bonchev–Trinajstić information content (AvgIpc) is 2.56. The first-order valence-electron chi connectivity index (χ1n) is 8.22. The van der Waals surface area contributed by atoms with Crippen LogP contribution in [0.15, 0.2) is 0 Å². The van der Waals surface area contributed by atoms with E-state index in [-0.39, 0.29) is 31.1 Å². The monoisotopic (exact) mass is 362 g/mol. The largest absolute Gasteiger partial charge is 0.464 e. The molecular weight excluding hydrogens is 332 g/mol. The van der Waals surface area contributed by atoms with Crippen LogP contribution in [0.4, 0.5) is 0 Å². The molecule has 0 aromatic carbocycles. The molecule has 24 heavy (non-hydrogen) atoms. The third-order valence-electron chi connectivity index (χ3n) is 3.09. The summed E-state index contributed by atoms with van der Waals surface area (Å²) in [6, 6.07) is 0. The van der Waals surface area contributed by atoms with E-state index in [4.69, 9.17) is 9.47 Å². The number of hydrogen-bond acceptors (Lipinski definition) is 7. The van der Waals surface area contributed by atoms with Gasteiger partial charge in [-0.25, -0.2) is 0 Å². The van der Waals surface area contributed by atoms with E-state index in [0.29, 0.717) is 31.7 Å². The molecule has 0 aliphatic heterocycles. The number of rotatable bonds is 13. The van der Waals surface area contributed by atoms with Gasteiger partial charge in [-0.3, -0.25) is 14.4 Å². The second-order valence-corrected chi connectivity index (χ2v) is 6.49.